The summed E-state index contributed by atoms with van der Waals surface area (Å²) >= 11 is 0. The number of carbonyl (C=O) groups is 1. The molecule has 1 heterocycles. The number of aromatic amines is 1. The van der Waals surface area contributed by atoms with Crippen LogP contribution in [0.1, 0.15) is 12.5 Å². The number of para-hydroxylation sites is 1. The molecule has 0 unspecified atom stereocenters. The van der Waals surface area contributed by atoms with E-state index in [1.165, 1.54) is 0 Å². The van der Waals surface area contributed by atoms with Gasteiger partial charge < -0.3 is 19.4 Å². The quantitative estimate of drug-likeness (QED) is 0.698. The molecule has 2 aromatic carbocycles. The maximum absolute atomic E-state index is 12.5. The van der Waals surface area contributed by atoms with Gasteiger partial charge in [0, 0.05) is 23.0 Å². The third kappa shape index (κ3) is 4.47. The first-order valence-corrected chi connectivity index (χ1v) is 8.76. The number of hydrogen-bond acceptors (Lipinski definition) is 4. The van der Waals surface area contributed by atoms with Crippen LogP contribution in [0, 0.1) is 0 Å². The molecule has 140 valence electrons. The first-order valence-electron chi connectivity index (χ1n) is 8.76. The van der Waals surface area contributed by atoms with E-state index >= 15 is 0 Å². The lowest BCUT2D eigenvalue weighted by Gasteiger charge is -2.21. The van der Waals surface area contributed by atoms with Crippen LogP contribution in [0.15, 0.2) is 59.4 Å². The minimum atomic E-state index is -0.206. The van der Waals surface area contributed by atoms with E-state index in [2.05, 4.69) is 4.98 Å². The first kappa shape index (κ1) is 18.5. The van der Waals surface area contributed by atoms with Crippen molar-refractivity contribution in [2.45, 2.75) is 13.5 Å². The van der Waals surface area contributed by atoms with Gasteiger partial charge in [0.05, 0.1) is 13.7 Å². The fraction of sp³-hybridized carbons (Fsp3) is 0.238. The number of H-pyrrole nitrogens is 1. The van der Waals surface area contributed by atoms with Crippen LogP contribution in [0.5, 0.6) is 11.5 Å². The molecule has 3 rings (SSSR count). The molecule has 6 nitrogen and oxygen atoms in total. The Morgan fingerprint density at radius 1 is 1.07 bits per heavy atom. The van der Waals surface area contributed by atoms with Crippen LogP contribution in [0.25, 0.3) is 10.9 Å². The monoisotopic (exact) mass is 366 g/mol. The van der Waals surface area contributed by atoms with Crippen molar-refractivity contribution in [3.8, 4) is 11.5 Å². The van der Waals surface area contributed by atoms with E-state index in [1.807, 2.05) is 31.2 Å². The van der Waals surface area contributed by atoms with Gasteiger partial charge in [0.25, 0.3) is 11.5 Å². The van der Waals surface area contributed by atoms with E-state index in [1.54, 1.807) is 42.3 Å². The van der Waals surface area contributed by atoms with E-state index in [0.717, 1.165) is 10.9 Å². The van der Waals surface area contributed by atoms with Crippen LogP contribution in [0.3, 0.4) is 0 Å². The topological polar surface area (TPSA) is 71.6 Å². The Bertz CT molecular complexity index is 982. The third-order valence-corrected chi connectivity index (χ3v) is 4.33. The Balaban J connectivity index is 1.75. The molecule has 1 amide bonds. The molecule has 0 fully saturated rings. The molecule has 0 aliphatic carbocycles. The lowest BCUT2D eigenvalue weighted by molar-refractivity contribution is -0.133. The van der Waals surface area contributed by atoms with Crippen molar-refractivity contribution < 1.29 is 14.3 Å². The Morgan fingerprint density at radius 3 is 2.56 bits per heavy atom. The van der Waals surface area contributed by atoms with Gasteiger partial charge in [0.2, 0.25) is 0 Å². The molecule has 0 spiro atoms. The van der Waals surface area contributed by atoms with Crippen LogP contribution in [0.2, 0.25) is 0 Å². The molecule has 0 saturated carbocycles. The number of pyridine rings is 1. The van der Waals surface area contributed by atoms with E-state index in [-0.39, 0.29) is 24.6 Å². The second-order valence-corrected chi connectivity index (χ2v) is 6.09. The Labute approximate surface area is 157 Å². The van der Waals surface area contributed by atoms with Crippen LogP contribution in [0.4, 0.5) is 0 Å². The minimum absolute atomic E-state index is 0.0723. The highest BCUT2D eigenvalue weighted by molar-refractivity contribution is 5.81. The Hall–Kier alpha value is -3.28. The van der Waals surface area contributed by atoms with Crippen molar-refractivity contribution in [2.75, 3.05) is 20.3 Å². The number of likely N-dealkylation sites (N-methyl/N-ethyl adjacent to an activating group) is 1. The highest BCUT2D eigenvalue weighted by Gasteiger charge is 2.15. The number of rotatable bonds is 7. The van der Waals surface area contributed by atoms with E-state index in [9.17, 15) is 9.59 Å². The minimum Gasteiger partial charge on any atom is -0.497 e. The zero-order valence-electron chi connectivity index (χ0n) is 15.4. The Kier molecular flexibility index (Phi) is 5.76. The molecule has 1 N–H and O–H groups in total. The average molecular weight is 366 g/mol. The number of hydrogen-bond donors (Lipinski definition) is 1. The van der Waals surface area contributed by atoms with Crippen molar-refractivity contribution >= 4 is 16.8 Å². The van der Waals surface area contributed by atoms with Gasteiger partial charge in [-0.05, 0) is 43.3 Å². The zero-order valence-corrected chi connectivity index (χ0v) is 15.4. The Morgan fingerprint density at radius 2 is 1.85 bits per heavy atom. The molecule has 0 aliphatic heterocycles. The molecule has 0 atom stereocenters. The number of carbonyl (C=O) groups excluding carboxylic acids is 1. The van der Waals surface area contributed by atoms with E-state index < -0.39 is 0 Å². The first-order chi connectivity index (χ1) is 13.1. The van der Waals surface area contributed by atoms with Crippen LogP contribution < -0.4 is 15.0 Å². The third-order valence-electron chi connectivity index (χ3n) is 4.33. The number of benzene rings is 2. The molecule has 0 aliphatic rings. The molecule has 27 heavy (non-hydrogen) atoms. The highest BCUT2D eigenvalue weighted by atomic mass is 16.5. The summed E-state index contributed by atoms with van der Waals surface area (Å²) in [5.74, 6) is 1.17. The van der Waals surface area contributed by atoms with Crippen molar-refractivity contribution in [2.24, 2.45) is 0 Å². The number of nitrogens with zero attached hydrogens (tertiary/aromatic N) is 1. The summed E-state index contributed by atoms with van der Waals surface area (Å²) < 4.78 is 10.8. The van der Waals surface area contributed by atoms with E-state index in [0.29, 0.717) is 23.6 Å². The van der Waals surface area contributed by atoms with E-state index in [4.69, 9.17) is 9.47 Å². The summed E-state index contributed by atoms with van der Waals surface area (Å²) in [5, 5.41) is 0.855. The number of nitrogens with one attached hydrogen (secondary N) is 1. The molecule has 3 aromatic rings. The lowest BCUT2D eigenvalue weighted by Crippen LogP contribution is -2.36. The predicted octanol–water partition coefficient (Wildman–Crippen LogP) is 2.96. The largest absolute Gasteiger partial charge is 0.497 e. The van der Waals surface area contributed by atoms with Crippen molar-refractivity contribution in [3.05, 3.63) is 70.5 Å². The maximum atomic E-state index is 12.5. The second kappa shape index (κ2) is 8.40. The molecule has 0 radical (unpaired) electrons. The fourth-order valence-electron chi connectivity index (χ4n) is 2.81. The highest BCUT2D eigenvalue weighted by Crippen LogP contribution is 2.19. The number of ether oxygens (including phenoxy) is 2. The smallest absolute Gasteiger partial charge is 0.260 e. The standard InChI is InChI=1S/C21H22N2O4/c1-3-23(20(24)14-27-17-7-5-4-6-8-17)13-16-11-15-12-18(26-2)9-10-19(15)22-21(16)25/h4-12H,3,13-14H2,1-2H3,(H,22,25). The summed E-state index contributed by atoms with van der Waals surface area (Å²) in [6.07, 6.45) is 0. The van der Waals surface area contributed by atoms with Crippen molar-refractivity contribution in [3.63, 3.8) is 0 Å². The number of methoxy groups -OCH3 is 1. The second-order valence-electron chi connectivity index (χ2n) is 6.09. The van der Waals surface area contributed by atoms with Gasteiger partial charge in [-0.1, -0.05) is 18.2 Å². The normalized spacial score (nSPS) is 10.6. The van der Waals surface area contributed by atoms with Crippen molar-refractivity contribution in [1.82, 2.24) is 9.88 Å². The predicted molar refractivity (Wildman–Crippen MR) is 104 cm³/mol. The summed E-state index contributed by atoms with van der Waals surface area (Å²) in [6, 6.07) is 16.4. The lowest BCUT2D eigenvalue weighted by atomic mass is 10.1. The molecule has 0 bridgehead atoms. The van der Waals surface area contributed by atoms with Crippen LogP contribution >= 0.6 is 0 Å². The van der Waals surface area contributed by atoms with Gasteiger partial charge in [0.1, 0.15) is 11.5 Å². The number of aromatic nitrogens is 1. The molecule has 0 saturated heterocycles. The summed E-state index contributed by atoms with van der Waals surface area (Å²) in [5.41, 5.74) is 1.04. The van der Waals surface area contributed by atoms with Gasteiger partial charge in [-0.2, -0.15) is 0 Å². The molecular weight excluding hydrogens is 344 g/mol. The SMILES string of the molecule is CCN(Cc1cc2cc(OC)ccc2[nH]c1=O)C(=O)COc1ccccc1. The average Bonchev–Trinajstić information content (AvgIpc) is 2.70. The van der Waals surface area contributed by atoms with Gasteiger partial charge in [-0.15, -0.1) is 0 Å². The van der Waals surface area contributed by atoms with Gasteiger partial charge in [-0.25, -0.2) is 0 Å². The number of fused-ring (bicyclic) bond motifs is 1. The molecule has 1 aromatic heterocycles. The van der Waals surface area contributed by atoms with Crippen LogP contribution in [-0.4, -0.2) is 36.1 Å². The van der Waals surface area contributed by atoms with Gasteiger partial charge in [-0.3, -0.25) is 9.59 Å². The van der Waals surface area contributed by atoms with Gasteiger partial charge >= 0.3 is 0 Å². The zero-order chi connectivity index (χ0) is 19.2. The summed E-state index contributed by atoms with van der Waals surface area (Å²) in [7, 11) is 1.60. The summed E-state index contributed by atoms with van der Waals surface area (Å²) in [4.78, 5) is 29.3. The maximum Gasteiger partial charge on any atom is 0.260 e. The fourth-order valence-corrected chi connectivity index (χ4v) is 2.81. The number of amides is 1. The molecule has 6 heteroatoms. The van der Waals surface area contributed by atoms with Crippen LogP contribution in [-0.2, 0) is 11.3 Å². The van der Waals surface area contributed by atoms with Crippen molar-refractivity contribution in [1.29, 1.82) is 0 Å². The molecular formula is C21H22N2O4. The van der Waals surface area contributed by atoms with Gasteiger partial charge in [0.15, 0.2) is 6.61 Å². The summed E-state index contributed by atoms with van der Waals surface area (Å²) in [6.45, 7) is 2.50.